The van der Waals surface area contributed by atoms with Gasteiger partial charge in [-0.1, -0.05) is 31.5 Å². The van der Waals surface area contributed by atoms with E-state index in [1.54, 1.807) is 0 Å². The van der Waals surface area contributed by atoms with E-state index < -0.39 is 11.4 Å². The predicted molar refractivity (Wildman–Crippen MR) is 72.2 cm³/mol. The second-order valence-electron chi connectivity index (χ2n) is 5.62. The number of carboxylic acids is 1. The van der Waals surface area contributed by atoms with Gasteiger partial charge in [0, 0.05) is 11.0 Å². The summed E-state index contributed by atoms with van der Waals surface area (Å²) in [5.74, 6) is -0.0150. The molecule has 1 aromatic carbocycles. The molecule has 0 saturated carbocycles. The largest absolute Gasteiger partial charge is 0.491 e. The Morgan fingerprint density at radius 1 is 1.39 bits per heavy atom. The number of rotatable bonds is 5. The van der Waals surface area contributed by atoms with Crippen molar-refractivity contribution in [3.05, 3.63) is 29.3 Å². The Hall–Kier alpha value is -1.51. The molecule has 3 nitrogen and oxygen atoms in total. The maximum atomic E-state index is 11.0. The third-order valence-corrected chi connectivity index (χ3v) is 2.82. The van der Waals surface area contributed by atoms with Crippen LogP contribution in [0, 0.1) is 6.92 Å². The summed E-state index contributed by atoms with van der Waals surface area (Å²) in [4.78, 5) is 11.0. The molecular formula is C15H22O3. The maximum absolute atomic E-state index is 11.0. The fraction of sp³-hybridized carbons (Fsp3) is 0.533. The Morgan fingerprint density at radius 2 is 2.00 bits per heavy atom. The molecule has 3 heteroatoms. The van der Waals surface area contributed by atoms with Crippen molar-refractivity contribution in [3.63, 3.8) is 0 Å². The Morgan fingerprint density at radius 3 is 2.50 bits per heavy atom. The third-order valence-electron chi connectivity index (χ3n) is 2.82. The molecule has 0 amide bonds. The Balaban J connectivity index is 3.19. The smallest absolute Gasteiger partial charge is 0.304 e. The van der Waals surface area contributed by atoms with Crippen LogP contribution in [0.4, 0.5) is 0 Å². The lowest BCUT2D eigenvalue weighted by Gasteiger charge is -2.27. The maximum Gasteiger partial charge on any atom is 0.304 e. The van der Waals surface area contributed by atoms with Crippen molar-refractivity contribution < 1.29 is 14.6 Å². The fourth-order valence-electron chi connectivity index (χ4n) is 2.00. The highest BCUT2D eigenvalue weighted by Gasteiger charge is 2.27. The molecule has 1 aromatic rings. The van der Waals surface area contributed by atoms with Crippen LogP contribution < -0.4 is 4.74 Å². The van der Waals surface area contributed by atoms with Gasteiger partial charge in [0.1, 0.15) is 5.75 Å². The van der Waals surface area contributed by atoms with E-state index in [0.717, 1.165) is 16.9 Å². The Bertz CT molecular complexity index is 433. The molecule has 0 radical (unpaired) electrons. The number of ether oxygens (including phenoxy) is 1. The molecule has 100 valence electrons. The van der Waals surface area contributed by atoms with E-state index in [1.165, 1.54) is 0 Å². The van der Waals surface area contributed by atoms with Crippen LogP contribution in [0.3, 0.4) is 0 Å². The van der Waals surface area contributed by atoms with Crippen molar-refractivity contribution in [1.29, 1.82) is 0 Å². The van der Waals surface area contributed by atoms with E-state index in [-0.39, 0.29) is 12.5 Å². The van der Waals surface area contributed by atoms with Crippen LogP contribution in [0.25, 0.3) is 0 Å². The molecule has 0 heterocycles. The molecule has 0 aromatic heterocycles. The molecule has 0 spiro atoms. The number of aliphatic carboxylic acids is 1. The summed E-state index contributed by atoms with van der Waals surface area (Å²) in [5, 5.41) is 9.01. The summed E-state index contributed by atoms with van der Waals surface area (Å²) in [6, 6.07) is 5.92. The van der Waals surface area contributed by atoms with Crippen LogP contribution in [0.5, 0.6) is 5.75 Å². The summed E-state index contributed by atoms with van der Waals surface area (Å²) in [6.45, 7) is 9.80. The van der Waals surface area contributed by atoms with Gasteiger partial charge in [-0.15, -0.1) is 0 Å². The zero-order valence-electron chi connectivity index (χ0n) is 11.8. The van der Waals surface area contributed by atoms with Crippen LogP contribution in [-0.2, 0) is 10.2 Å². The lowest BCUT2D eigenvalue weighted by Crippen LogP contribution is -2.23. The number of benzene rings is 1. The number of carboxylic acid groups (broad SMARTS) is 1. The van der Waals surface area contributed by atoms with Gasteiger partial charge in [0.25, 0.3) is 0 Å². The number of hydrogen-bond donors (Lipinski definition) is 1. The normalized spacial score (nSPS) is 11.7. The summed E-state index contributed by atoms with van der Waals surface area (Å²) >= 11 is 0. The molecule has 0 unspecified atom stereocenters. The van der Waals surface area contributed by atoms with E-state index in [2.05, 4.69) is 0 Å². The first kappa shape index (κ1) is 14.6. The SMILES string of the molecule is Cc1ccc(OC(C)C)c(C(C)(C)CC(=O)O)c1. The van der Waals surface area contributed by atoms with Gasteiger partial charge in [-0.3, -0.25) is 4.79 Å². The van der Waals surface area contributed by atoms with Gasteiger partial charge in [-0.25, -0.2) is 0 Å². The fourth-order valence-corrected chi connectivity index (χ4v) is 2.00. The van der Waals surface area contributed by atoms with Crippen LogP contribution in [0.15, 0.2) is 18.2 Å². The first-order valence-corrected chi connectivity index (χ1v) is 6.22. The molecule has 0 aliphatic rings. The van der Waals surface area contributed by atoms with Gasteiger partial charge >= 0.3 is 5.97 Å². The van der Waals surface area contributed by atoms with Crippen LogP contribution >= 0.6 is 0 Å². The lowest BCUT2D eigenvalue weighted by atomic mass is 9.80. The minimum atomic E-state index is -0.794. The topological polar surface area (TPSA) is 46.5 Å². The zero-order valence-corrected chi connectivity index (χ0v) is 11.8. The average Bonchev–Trinajstić information content (AvgIpc) is 2.18. The molecule has 1 rings (SSSR count). The number of hydrogen-bond acceptors (Lipinski definition) is 2. The lowest BCUT2D eigenvalue weighted by molar-refractivity contribution is -0.138. The van der Waals surface area contributed by atoms with Gasteiger partial charge in [-0.2, -0.15) is 0 Å². The van der Waals surface area contributed by atoms with Crippen molar-refractivity contribution >= 4 is 5.97 Å². The molecule has 0 aliphatic heterocycles. The highest BCUT2D eigenvalue weighted by Crippen LogP contribution is 2.35. The second kappa shape index (κ2) is 5.42. The molecule has 0 atom stereocenters. The predicted octanol–water partition coefficient (Wildman–Crippen LogP) is 3.53. The molecule has 0 bridgehead atoms. The molecule has 0 aliphatic carbocycles. The van der Waals surface area contributed by atoms with Crippen LogP contribution in [-0.4, -0.2) is 17.2 Å². The quantitative estimate of drug-likeness (QED) is 0.869. The monoisotopic (exact) mass is 250 g/mol. The van der Waals surface area contributed by atoms with Crippen LogP contribution in [0.1, 0.15) is 45.2 Å². The Labute approximate surface area is 109 Å². The minimum Gasteiger partial charge on any atom is -0.491 e. The van der Waals surface area contributed by atoms with E-state index >= 15 is 0 Å². The second-order valence-corrected chi connectivity index (χ2v) is 5.62. The van der Waals surface area contributed by atoms with Crippen molar-refractivity contribution in [1.82, 2.24) is 0 Å². The van der Waals surface area contributed by atoms with E-state index in [0.29, 0.717) is 0 Å². The van der Waals surface area contributed by atoms with E-state index in [1.807, 2.05) is 52.8 Å². The molecular weight excluding hydrogens is 228 g/mol. The summed E-state index contributed by atoms with van der Waals surface area (Å²) < 4.78 is 5.78. The summed E-state index contributed by atoms with van der Waals surface area (Å²) in [5.41, 5.74) is 1.63. The minimum absolute atomic E-state index is 0.0760. The van der Waals surface area contributed by atoms with Crippen molar-refractivity contribution in [2.45, 2.75) is 52.6 Å². The first-order chi connectivity index (χ1) is 8.22. The molecule has 0 fully saturated rings. The van der Waals surface area contributed by atoms with Crippen LogP contribution in [0.2, 0.25) is 0 Å². The summed E-state index contributed by atoms with van der Waals surface area (Å²) in [7, 11) is 0. The van der Waals surface area contributed by atoms with Gasteiger partial charge < -0.3 is 9.84 Å². The number of aryl methyl sites for hydroxylation is 1. The highest BCUT2D eigenvalue weighted by atomic mass is 16.5. The van der Waals surface area contributed by atoms with Crippen molar-refractivity contribution in [2.24, 2.45) is 0 Å². The van der Waals surface area contributed by atoms with Gasteiger partial charge in [0.15, 0.2) is 0 Å². The third kappa shape index (κ3) is 3.76. The van der Waals surface area contributed by atoms with Crippen molar-refractivity contribution in [3.8, 4) is 5.75 Å². The number of carbonyl (C=O) groups is 1. The highest BCUT2D eigenvalue weighted by molar-refractivity contribution is 5.69. The van der Waals surface area contributed by atoms with E-state index in [4.69, 9.17) is 9.84 Å². The molecule has 1 N–H and O–H groups in total. The standard InChI is InChI=1S/C15H22O3/c1-10(2)18-13-7-6-11(3)8-12(13)15(4,5)9-14(16)17/h6-8,10H,9H2,1-5H3,(H,16,17). The van der Waals surface area contributed by atoms with Gasteiger partial charge in [0.05, 0.1) is 12.5 Å². The Kier molecular flexibility index (Phi) is 4.38. The first-order valence-electron chi connectivity index (χ1n) is 6.22. The zero-order chi connectivity index (χ0) is 13.9. The summed E-state index contributed by atoms with van der Waals surface area (Å²) in [6.07, 6.45) is 0.164. The van der Waals surface area contributed by atoms with E-state index in [9.17, 15) is 4.79 Å². The molecule has 0 saturated heterocycles. The molecule has 18 heavy (non-hydrogen) atoms. The van der Waals surface area contributed by atoms with Gasteiger partial charge in [-0.05, 0) is 26.8 Å². The average molecular weight is 250 g/mol. The van der Waals surface area contributed by atoms with Gasteiger partial charge in [0.2, 0.25) is 0 Å². The van der Waals surface area contributed by atoms with Crippen molar-refractivity contribution in [2.75, 3.05) is 0 Å².